The van der Waals surface area contributed by atoms with E-state index in [1.807, 2.05) is 6.92 Å². The summed E-state index contributed by atoms with van der Waals surface area (Å²) in [6.07, 6.45) is 5.65. The molecule has 2 aromatic rings. The molecule has 92 valence electrons. The number of aryl methyl sites for hydroxylation is 1. The first-order valence-corrected chi connectivity index (χ1v) is 5.28. The van der Waals surface area contributed by atoms with Crippen molar-refractivity contribution in [2.45, 2.75) is 6.92 Å². The number of aromatic nitrogens is 2. The van der Waals surface area contributed by atoms with E-state index in [0.29, 0.717) is 11.3 Å². The molecule has 18 heavy (non-hydrogen) atoms. The third-order valence-electron chi connectivity index (χ3n) is 2.35. The number of hydrogen-bond acceptors (Lipinski definition) is 2. The van der Waals surface area contributed by atoms with Gasteiger partial charge < -0.3 is 5.11 Å². The highest BCUT2D eigenvalue weighted by atomic mass is 19.1. The van der Waals surface area contributed by atoms with Crippen LogP contribution in [0, 0.1) is 12.7 Å². The van der Waals surface area contributed by atoms with Crippen molar-refractivity contribution in [3.63, 3.8) is 0 Å². The fraction of sp³-hybridized carbons (Fsp3) is 0.0769. The molecule has 0 spiro atoms. The zero-order valence-corrected chi connectivity index (χ0v) is 9.67. The third-order valence-corrected chi connectivity index (χ3v) is 2.35. The fourth-order valence-corrected chi connectivity index (χ4v) is 1.52. The minimum atomic E-state index is -1.07. The van der Waals surface area contributed by atoms with E-state index in [9.17, 15) is 9.18 Å². The predicted molar refractivity (Wildman–Crippen MR) is 64.9 cm³/mol. The van der Waals surface area contributed by atoms with E-state index in [2.05, 4.69) is 5.10 Å². The molecule has 0 aliphatic rings. The summed E-state index contributed by atoms with van der Waals surface area (Å²) in [6.45, 7) is 1.87. The van der Waals surface area contributed by atoms with E-state index in [1.165, 1.54) is 16.8 Å². The minimum absolute atomic E-state index is 0.329. The standard InChI is InChI=1S/C13H11FN2O2/c1-9-7-15-16(8-9)12-4-2-10(6-11(12)14)3-5-13(17)18/h2-8H,1H3,(H,17,18)/b5-3+. The highest BCUT2D eigenvalue weighted by Crippen LogP contribution is 2.16. The van der Waals surface area contributed by atoms with Gasteiger partial charge in [-0.3, -0.25) is 0 Å². The van der Waals surface area contributed by atoms with Crippen molar-refractivity contribution in [2.75, 3.05) is 0 Å². The molecule has 2 rings (SSSR count). The molecule has 0 radical (unpaired) electrons. The summed E-state index contributed by atoms with van der Waals surface area (Å²) in [6, 6.07) is 4.46. The lowest BCUT2D eigenvalue weighted by molar-refractivity contribution is -0.131. The number of carboxylic acids is 1. The van der Waals surface area contributed by atoms with Gasteiger partial charge in [0.2, 0.25) is 0 Å². The summed E-state index contributed by atoms with van der Waals surface area (Å²) >= 11 is 0. The third kappa shape index (κ3) is 2.63. The van der Waals surface area contributed by atoms with Crippen molar-refractivity contribution in [3.8, 4) is 5.69 Å². The molecule has 0 amide bonds. The molecule has 0 fully saturated rings. The Morgan fingerprint density at radius 3 is 2.83 bits per heavy atom. The van der Waals surface area contributed by atoms with Gasteiger partial charge in [-0.2, -0.15) is 5.10 Å². The monoisotopic (exact) mass is 246 g/mol. The highest BCUT2D eigenvalue weighted by Gasteiger charge is 2.05. The molecule has 5 heteroatoms. The lowest BCUT2D eigenvalue weighted by atomic mass is 10.2. The van der Waals surface area contributed by atoms with Crippen molar-refractivity contribution in [1.29, 1.82) is 0 Å². The van der Waals surface area contributed by atoms with Crippen molar-refractivity contribution >= 4 is 12.0 Å². The Morgan fingerprint density at radius 1 is 1.50 bits per heavy atom. The van der Waals surface area contributed by atoms with Gasteiger partial charge in [0, 0.05) is 12.3 Å². The minimum Gasteiger partial charge on any atom is -0.478 e. The molecule has 0 unspecified atom stereocenters. The Labute approximate surface area is 103 Å². The van der Waals surface area contributed by atoms with Gasteiger partial charge in [-0.05, 0) is 36.3 Å². The second kappa shape index (κ2) is 4.83. The van der Waals surface area contributed by atoms with E-state index in [1.54, 1.807) is 24.5 Å². The molecular weight excluding hydrogens is 235 g/mol. The quantitative estimate of drug-likeness (QED) is 0.846. The molecule has 4 nitrogen and oxygen atoms in total. The van der Waals surface area contributed by atoms with Crippen molar-refractivity contribution in [3.05, 3.63) is 53.6 Å². The first-order valence-electron chi connectivity index (χ1n) is 5.28. The van der Waals surface area contributed by atoms with Gasteiger partial charge in [0.1, 0.15) is 11.5 Å². The van der Waals surface area contributed by atoms with E-state index in [4.69, 9.17) is 5.11 Å². The summed E-state index contributed by atoms with van der Waals surface area (Å²) in [4.78, 5) is 10.4. The first-order chi connectivity index (χ1) is 8.56. The largest absolute Gasteiger partial charge is 0.478 e. The van der Waals surface area contributed by atoms with Gasteiger partial charge in [0.05, 0.1) is 6.20 Å². The average molecular weight is 246 g/mol. The molecule has 0 atom stereocenters. The van der Waals surface area contributed by atoms with E-state index < -0.39 is 11.8 Å². The van der Waals surface area contributed by atoms with Crippen LogP contribution in [0.3, 0.4) is 0 Å². The summed E-state index contributed by atoms with van der Waals surface area (Å²) in [7, 11) is 0. The van der Waals surface area contributed by atoms with E-state index in [-0.39, 0.29) is 0 Å². The topological polar surface area (TPSA) is 55.1 Å². The zero-order chi connectivity index (χ0) is 13.1. The number of nitrogens with zero attached hydrogens (tertiary/aromatic N) is 2. The van der Waals surface area contributed by atoms with Crippen LogP contribution in [0.4, 0.5) is 4.39 Å². The molecule has 0 aliphatic heterocycles. The number of halogens is 1. The number of carbonyl (C=O) groups is 1. The molecule has 1 N–H and O–H groups in total. The average Bonchev–Trinajstić information content (AvgIpc) is 2.73. The number of benzene rings is 1. The van der Waals surface area contributed by atoms with Crippen LogP contribution in [0.2, 0.25) is 0 Å². The molecule has 1 aromatic heterocycles. The maximum absolute atomic E-state index is 13.8. The maximum Gasteiger partial charge on any atom is 0.328 e. The van der Waals surface area contributed by atoms with E-state index in [0.717, 1.165) is 11.6 Å². The Hall–Kier alpha value is -2.43. The molecule has 0 aliphatic carbocycles. The lowest BCUT2D eigenvalue weighted by Gasteiger charge is -2.03. The van der Waals surface area contributed by atoms with Crippen molar-refractivity contribution < 1.29 is 14.3 Å². The Bertz CT molecular complexity index is 617. The lowest BCUT2D eigenvalue weighted by Crippen LogP contribution is -1.98. The van der Waals surface area contributed by atoms with Crippen LogP contribution in [0.25, 0.3) is 11.8 Å². The van der Waals surface area contributed by atoms with Crippen LogP contribution in [0.1, 0.15) is 11.1 Å². The van der Waals surface area contributed by atoms with Gasteiger partial charge in [-0.15, -0.1) is 0 Å². The molecule has 1 heterocycles. The van der Waals surface area contributed by atoms with Crippen LogP contribution in [-0.4, -0.2) is 20.9 Å². The normalized spacial score (nSPS) is 11.0. The second-order valence-corrected chi connectivity index (χ2v) is 3.84. The summed E-state index contributed by atoms with van der Waals surface area (Å²) in [5, 5.41) is 12.5. The van der Waals surface area contributed by atoms with Gasteiger partial charge >= 0.3 is 5.97 Å². The molecule has 0 saturated heterocycles. The number of carboxylic acid groups (broad SMARTS) is 1. The van der Waals surface area contributed by atoms with Crippen LogP contribution in [-0.2, 0) is 4.79 Å². The van der Waals surface area contributed by atoms with Crippen LogP contribution >= 0.6 is 0 Å². The number of rotatable bonds is 3. The highest BCUT2D eigenvalue weighted by molar-refractivity contribution is 5.85. The van der Waals surface area contributed by atoms with E-state index >= 15 is 0 Å². The Morgan fingerprint density at radius 2 is 2.28 bits per heavy atom. The van der Waals surface area contributed by atoms with Gasteiger partial charge in [0.25, 0.3) is 0 Å². The first kappa shape index (κ1) is 12.0. The molecule has 0 saturated carbocycles. The number of aliphatic carboxylic acids is 1. The van der Waals surface area contributed by atoms with Crippen molar-refractivity contribution in [1.82, 2.24) is 9.78 Å². The van der Waals surface area contributed by atoms with Crippen LogP contribution in [0.15, 0.2) is 36.7 Å². The maximum atomic E-state index is 13.8. The molecular formula is C13H11FN2O2. The Kier molecular flexibility index (Phi) is 3.23. The molecule has 0 bridgehead atoms. The zero-order valence-electron chi connectivity index (χ0n) is 9.67. The van der Waals surface area contributed by atoms with Crippen LogP contribution in [0.5, 0.6) is 0 Å². The van der Waals surface area contributed by atoms with Crippen LogP contribution < -0.4 is 0 Å². The summed E-state index contributed by atoms with van der Waals surface area (Å²) < 4.78 is 15.3. The Balaban J connectivity index is 2.33. The molecule has 1 aromatic carbocycles. The second-order valence-electron chi connectivity index (χ2n) is 3.84. The smallest absolute Gasteiger partial charge is 0.328 e. The SMILES string of the molecule is Cc1cnn(-c2ccc(/C=C/C(=O)O)cc2F)c1. The number of hydrogen-bond donors (Lipinski definition) is 1. The summed E-state index contributed by atoms with van der Waals surface area (Å²) in [5.41, 5.74) is 1.75. The van der Waals surface area contributed by atoms with Gasteiger partial charge in [-0.1, -0.05) is 6.07 Å². The van der Waals surface area contributed by atoms with Gasteiger partial charge in [-0.25, -0.2) is 13.9 Å². The summed E-state index contributed by atoms with van der Waals surface area (Å²) in [5.74, 6) is -1.52. The fourth-order valence-electron chi connectivity index (χ4n) is 1.52. The predicted octanol–water partition coefficient (Wildman–Crippen LogP) is 2.42. The van der Waals surface area contributed by atoms with Crippen molar-refractivity contribution in [2.24, 2.45) is 0 Å². The van der Waals surface area contributed by atoms with Gasteiger partial charge in [0.15, 0.2) is 0 Å².